The van der Waals surface area contributed by atoms with Crippen LogP contribution in [0.3, 0.4) is 0 Å². The lowest BCUT2D eigenvalue weighted by Crippen LogP contribution is -2.26. The molecule has 17 heavy (non-hydrogen) atoms. The summed E-state index contributed by atoms with van der Waals surface area (Å²) in [5, 5.41) is 8.66. The van der Waals surface area contributed by atoms with Gasteiger partial charge >= 0.3 is 17.9 Å². The molecule has 0 fully saturated rings. The Labute approximate surface area is 99.9 Å². The number of hydrogen-bond acceptors (Lipinski definition) is 5. The predicted octanol–water partition coefficient (Wildman–Crippen LogP) is 1.13. The van der Waals surface area contributed by atoms with E-state index in [4.69, 9.17) is 9.84 Å². The van der Waals surface area contributed by atoms with Crippen molar-refractivity contribution >= 4 is 17.9 Å². The molecule has 0 aromatic carbocycles. The molecule has 0 amide bonds. The predicted molar refractivity (Wildman–Crippen MR) is 58.3 cm³/mol. The van der Waals surface area contributed by atoms with Gasteiger partial charge in [-0.25, -0.2) is 4.79 Å². The van der Waals surface area contributed by atoms with E-state index in [-0.39, 0.29) is 25.4 Å². The number of carbonyl (C=O) groups is 3. The van der Waals surface area contributed by atoms with Crippen LogP contribution in [0.25, 0.3) is 0 Å². The fraction of sp³-hybridized carbons (Fsp3) is 0.727. The highest BCUT2D eigenvalue weighted by atomic mass is 16.6. The number of rotatable bonds is 8. The lowest BCUT2D eigenvalue weighted by molar-refractivity contribution is -0.164. The second-order valence-electron chi connectivity index (χ2n) is 3.52. The molecule has 0 heterocycles. The Morgan fingerprint density at radius 3 is 2.35 bits per heavy atom. The third kappa shape index (κ3) is 8.24. The van der Waals surface area contributed by atoms with Crippen molar-refractivity contribution in [2.45, 2.75) is 45.6 Å². The number of carbonyl (C=O) groups excluding carboxylic acids is 2. The smallest absolute Gasteiger partial charge is 0.345 e. The van der Waals surface area contributed by atoms with E-state index >= 15 is 0 Å². The maximum Gasteiger partial charge on any atom is 0.345 e. The molecule has 0 aliphatic carbocycles. The second-order valence-corrected chi connectivity index (χ2v) is 3.52. The van der Waals surface area contributed by atoms with Crippen LogP contribution in [0.1, 0.15) is 39.5 Å². The van der Waals surface area contributed by atoms with E-state index in [2.05, 4.69) is 4.74 Å². The van der Waals surface area contributed by atoms with Crippen LogP contribution < -0.4 is 0 Å². The van der Waals surface area contributed by atoms with Crippen LogP contribution in [-0.4, -0.2) is 35.7 Å². The van der Waals surface area contributed by atoms with Crippen LogP contribution in [-0.2, 0) is 23.9 Å². The lowest BCUT2D eigenvalue weighted by atomic mass is 10.2. The van der Waals surface area contributed by atoms with Gasteiger partial charge in [-0.15, -0.1) is 0 Å². The quantitative estimate of drug-likeness (QED) is 0.510. The van der Waals surface area contributed by atoms with Gasteiger partial charge in [0, 0.05) is 13.3 Å². The first kappa shape index (κ1) is 15.4. The Balaban J connectivity index is 3.65. The van der Waals surface area contributed by atoms with Crippen molar-refractivity contribution < 1.29 is 29.0 Å². The fourth-order valence-electron chi connectivity index (χ4n) is 1.11. The molecule has 6 heteroatoms. The van der Waals surface area contributed by atoms with E-state index in [1.54, 1.807) is 6.92 Å². The number of unbranched alkanes of at least 4 members (excludes halogenated alkanes) is 1. The van der Waals surface area contributed by atoms with E-state index in [0.717, 1.165) is 0 Å². The summed E-state index contributed by atoms with van der Waals surface area (Å²) in [6.07, 6.45) is 0.358. The highest BCUT2D eigenvalue weighted by Gasteiger charge is 2.19. The average molecular weight is 246 g/mol. The number of hydrogen-bond donors (Lipinski definition) is 1. The SMILES string of the molecule is CCC(OC(=O)CCCCOC(C)=O)C(=O)O. The summed E-state index contributed by atoms with van der Waals surface area (Å²) in [5.41, 5.74) is 0. The summed E-state index contributed by atoms with van der Waals surface area (Å²) < 4.78 is 9.42. The van der Waals surface area contributed by atoms with Gasteiger partial charge in [0.15, 0.2) is 6.10 Å². The van der Waals surface area contributed by atoms with Crippen molar-refractivity contribution in [3.05, 3.63) is 0 Å². The number of esters is 2. The van der Waals surface area contributed by atoms with Gasteiger partial charge in [-0.2, -0.15) is 0 Å². The van der Waals surface area contributed by atoms with Crippen LogP contribution in [0.15, 0.2) is 0 Å². The molecule has 6 nitrogen and oxygen atoms in total. The van der Waals surface area contributed by atoms with E-state index in [0.29, 0.717) is 12.8 Å². The van der Waals surface area contributed by atoms with Crippen molar-refractivity contribution in [2.24, 2.45) is 0 Å². The van der Waals surface area contributed by atoms with Crippen LogP contribution in [0, 0.1) is 0 Å². The van der Waals surface area contributed by atoms with Gasteiger partial charge in [-0.3, -0.25) is 9.59 Å². The topological polar surface area (TPSA) is 89.9 Å². The molecular formula is C11H18O6. The van der Waals surface area contributed by atoms with Crippen molar-refractivity contribution in [1.29, 1.82) is 0 Å². The maximum absolute atomic E-state index is 11.2. The third-order valence-electron chi connectivity index (χ3n) is 2.00. The zero-order valence-electron chi connectivity index (χ0n) is 10.1. The molecule has 0 aliphatic rings. The molecule has 0 radical (unpaired) electrons. The Morgan fingerprint density at radius 2 is 1.88 bits per heavy atom. The van der Waals surface area contributed by atoms with E-state index in [1.165, 1.54) is 6.92 Å². The zero-order valence-corrected chi connectivity index (χ0v) is 10.1. The van der Waals surface area contributed by atoms with Gasteiger partial charge < -0.3 is 14.6 Å². The Hall–Kier alpha value is -1.59. The minimum absolute atomic E-state index is 0.130. The van der Waals surface area contributed by atoms with E-state index in [1.807, 2.05) is 0 Å². The van der Waals surface area contributed by atoms with Gasteiger partial charge in [0.2, 0.25) is 0 Å². The summed E-state index contributed by atoms with van der Waals surface area (Å²) in [6.45, 7) is 3.21. The highest BCUT2D eigenvalue weighted by Crippen LogP contribution is 2.04. The zero-order chi connectivity index (χ0) is 13.3. The summed E-state index contributed by atoms with van der Waals surface area (Å²) in [7, 11) is 0. The molecule has 1 atom stereocenters. The third-order valence-corrected chi connectivity index (χ3v) is 2.00. The first-order chi connectivity index (χ1) is 7.97. The molecule has 0 spiro atoms. The molecular weight excluding hydrogens is 228 g/mol. The van der Waals surface area contributed by atoms with Crippen LogP contribution >= 0.6 is 0 Å². The second kappa shape index (κ2) is 8.55. The largest absolute Gasteiger partial charge is 0.479 e. The van der Waals surface area contributed by atoms with Crippen LogP contribution in [0.5, 0.6) is 0 Å². The van der Waals surface area contributed by atoms with Gasteiger partial charge in [0.25, 0.3) is 0 Å². The number of aliphatic carboxylic acids is 1. The standard InChI is InChI=1S/C11H18O6/c1-3-9(11(14)15)17-10(13)6-4-5-7-16-8(2)12/h9H,3-7H2,1-2H3,(H,14,15). The summed E-state index contributed by atoms with van der Waals surface area (Å²) in [4.78, 5) is 32.2. The lowest BCUT2D eigenvalue weighted by Gasteiger charge is -2.11. The molecule has 1 N–H and O–H groups in total. The van der Waals surface area contributed by atoms with Gasteiger partial charge in [-0.05, 0) is 19.3 Å². The normalized spacial score (nSPS) is 11.6. The Morgan fingerprint density at radius 1 is 1.24 bits per heavy atom. The van der Waals surface area contributed by atoms with Gasteiger partial charge in [0.1, 0.15) is 0 Å². The average Bonchev–Trinajstić information content (AvgIpc) is 2.24. The molecule has 0 aliphatic heterocycles. The maximum atomic E-state index is 11.2. The van der Waals surface area contributed by atoms with Crippen molar-refractivity contribution in [3.63, 3.8) is 0 Å². The van der Waals surface area contributed by atoms with Crippen LogP contribution in [0.4, 0.5) is 0 Å². The molecule has 0 aromatic heterocycles. The van der Waals surface area contributed by atoms with Crippen molar-refractivity contribution in [2.75, 3.05) is 6.61 Å². The molecule has 98 valence electrons. The summed E-state index contributed by atoms with van der Waals surface area (Å²) in [6, 6.07) is 0. The molecule has 1 unspecified atom stereocenters. The van der Waals surface area contributed by atoms with Gasteiger partial charge in [0.05, 0.1) is 6.61 Å². The molecule has 0 aromatic rings. The van der Waals surface area contributed by atoms with Crippen LogP contribution in [0.2, 0.25) is 0 Å². The molecule has 0 bridgehead atoms. The fourth-order valence-corrected chi connectivity index (χ4v) is 1.11. The van der Waals surface area contributed by atoms with E-state index < -0.39 is 18.0 Å². The number of carboxylic acids is 1. The first-order valence-electron chi connectivity index (χ1n) is 5.53. The molecule has 0 saturated carbocycles. The summed E-state index contributed by atoms with van der Waals surface area (Å²) >= 11 is 0. The highest BCUT2D eigenvalue weighted by molar-refractivity contribution is 5.77. The molecule has 0 saturated heterocycles. The number of ether oxygens (including phenoxy) is 2. The molecule has 0 rings (SSSR count). The van der Waals surface area contributed by atoms with Crippen molar-refractivity contribution in [3.8, 4) is 0 Å². The minimum atomic E-state index is -1.14. The van der Waals surface area contributed by atoms with Gasteiger partial charge in [-0.1, -0.05) is 6.92 Å². The Kier molecular flexibility index (Phi) is 7.75. The van der Waals surface area contributed by atoms with E-state index in [9.17, 15) is 14.4 Å². The summed E-state index contributed by atoms with van der Waals surface area (Å²) in [5.74, 6) is -2.03. The van der Waals surface area contributed by atoms with Crippen molar-refractivity contribution in [1.82, 2.24) is 0 Å². The Bertz CT molecular complexity index is 273. The number of carboxylic acid groups (broad SMARTS) is 1. The monoisotopic (exact) mass is 246 g/mol. The first-order valence-corrected chi connectivity index (χ1v) is 5.53. The minimum Gasteiger partial charge on any atom is -0.479 e.